The molecule has 3 N–H and O–H groups in total. The van der Waals surface area contributed by atoms with E-state index in [0.29, 0.717) is 35.4 Å². The number of para-hydroxylation sites is 1. The van der Waals surface area contributed by atoms with Crippen LogP contribution in [0, 0.1) is 0 Å². The first-order chi connectivity index (χ1) is 11.8. The third-order valence-electron chi connectivity index (χ3n) is 3.23. The first-order valence-electron chi connectivity index (χ1n) is 7.80. The third kappa shape index (κ3) is 8.20. The van der Waals surface area contributed by atoms with Crippen molar-refractivity contribution in [2.75, 3.05) is 38.0 Å². The van der Waals surface area contributed by atoms with Gasteiger partial charge in [0.1, 0.15) is 0 Å². The highest BCUT2D eigenvalue weighted by molar-refractivity contribution is 6.39. The second-order valence-corrected chi connectivity index (χ2v) is 6.10. The fraction of sp³-hybridized carbons (Fsp3) is 0.438. The van der Waals surface area contributed by atoms with Crippen molar-refractivity contribution in [2.24, 2.45) is 0 Å². The quantitative estimate of drug-likeness (QED) is 0.559. The summed E-state index contributed by atoms with van der Waals surface area (Å²) in [6.45, 7) is 4.56. The lowest BCUT2D eigenvalue weighted by Crippen LogP contribution is -2.42. The van der Waals surface area contributed by atoms with Crippen LogP contribution < -0.4 is 16.0 Å². The molecule has 0 fully saturated rings. The Balaban J connectivity index is 2.45. The SMILES string of the molecule is CCN(CC(=O)NCCNC(C)=O)CC(=O)Nc1c(Cl)cccc1Cl. The summed E-state index contributed by atoms with van der Waals surface area (Å²) in [5.41, 5.74) is 0.353. The van der Waals surface area contributed by atoms with Crippen molar-refractivity contribution in [1.82, 2.24) is 15.5 Å². The van der Waals surface area contributed by atoms with Crippen LogP contribution in [0.2, 0.25) is 10.0 Å². The van der Waals surface area contributed by atoms with Gasteiger partial charge in [-0.05, 0) is 18.7 Å². The molecule has 0 aliphatic heterocycles. The van der Waals surface area contributed by atoms with Crippen LogP contribution in [-0.4, -0.2) is 55.3 Å². The predicted molar refractivity (Wildman–Crippen MR) is 98.9 cm³/mol. The number of nitrogens with one attached hydrogen (secondary N) is 3. The average molecular weight is 389 g/mol. The lowest BCUT2D eigenvalue weighted by molar-refractivity contribution is -0.124. The second-order valence-electron chi connectivity index (χ2n) is 5.28. The first kappa shape index (κ1) is 21.2. The molecule has 1 aromatic carbocycles. The van der Waals surface area contributed by atoms with Crippen molar-refractivity contribution in [1.29, 1.82) is 0 Å². The van der Waals surface area contributed by atoms with Gasteiger partial charge in [0.05, 0.1) is 28.8 Å². The molecule has 0 atom stereocenters. The van der Waals surface area contributed by atoms with E-state index in [-0.39, 0.29) is 30.8 Å². The lowest BCUT2D eigenvalue weighted by atomic mass is 10.3. The molecular weight excluding hydrogens is 367 g/mol. The number of halogens is 2. The Kier molecular flexibility index (Phi) is 9.26. The van der Waals surface area contributed by atoms with E-state index in [2.05, 4.69) is 16.0 Å². The van der Waals surface area contributed by atoms with Gasteiger partial charge in [0.25, 0.3) is 0 Å². The van der Waals surface area contributed by atoms with E-state index in [1.807, 2.05) is 6.92 Å². The van der Waals surface area contributed by atoms with Crippen LogP contribution >= 0.6 is 23.2 Å². The van der Waals surface area contributed by atoms with Crippen molar-refractivity contribution in [3.05, 3.63) is 28.2 Å². The summed E-state index contributed by atoms with van der Waals surface area (Å²) < 4.78 is 0. The minimum Gasteiger partial charge on any atom is -0.355 e. The Morgan fingerprint density at radius 2 is 1.56 bits per heavy atom. The van der Waals surface area contributed by atoms with Crippen LogP contribution in [0.1, 0.15) is 13.8 Å². The fourth-order valence-electron chi connectivity index (χ4n) is 1.98. The van der Waals surface area contributed by atoms with Gasteiger partial charge < -0.3 is 16.0 Å². The van der Waals surface area contributed by atoms with E-state index >= 15 is 0 Å². The van der Waals surface area contributed by atoms with Crippen LogP contribution in [0.3, 0.4) is 0 Å². The molecule has 138 valence electrons. The molecule has 0 unspecified atom stereocenters. The third-order valence-corrected chi connectivity index (χ3v) is 3.86. The predicted octanol–water partition coefficient (Wildman–Crippen LogP) is 1.51. The van der Waals surface area contributed by atoms with Gasteiger partial charge in [0.15, 0.2) is 0 Å². The van der Waals surface area contributed by atoms with Gasteiger partial charge in [-0.25, -0.2) is 0 Å². The summed E-state index contributed by atoms with van der Waals surface area (Å²) in [6, 6.07) is 4.94. The molecule has 0 aliphatic rings. The summed E-state index contributed by atoms with van der Waals surface area (Å²) in [5, 5.41) is 8.61. The molecule has 1 aromatic rings. The molecule has 25 heavy (non-hydrogen) atoms. The fourth-order valence-corrected chi connectivity index (χ4v) is 2.47. The van der Waals surface area contributed by atoms with Gasteiger partial charge in [0, 0.05) is 20.0 Å². The molecule has 3 amide bonds. The Bertz CT molecular complexity index is 605. The van der Waals surface area contributed by atoms with Gasteiger partial charge in [0.2, 0.25) is 17.7 Å². The van der Waals surface area contributed by atoms with Crippen LogP contribution in [0.4, 0.5) is 5.69 Å². The first-order valence-corrected chi connectivity index (χ1v) is 8.56. The molecule has 9 heteroatoms. The molecule has 0 heterocycles. The molecule has 0 spiro atoms. The summed E-state index contributed by atoms with van der Waals surface area (Å²) in [6.07, 6.45) is 0. The number of anilines is 1. The van der Waals surface area contributed by atoms with E-state index in [1.165, 1.54) is 6.92 Å². The van der Waals surface area contributed by atoms with E-state index in [1.54, 1.807) is 23.1 Å². The highest BCUT2D eigenvalue weighted by atomic mass is 35.5. The van der Waals surface area contributed by atoms with E-state index in [0.717, 1.165) is 0 Å². The molecule has 0 aliphatic carbocycles. The highest BCUT2D eigenvalue weighted by Crippen LogP contribution is 2.29. The van der Waals surface area contributed by atoms with Gasteiger partial charge in [-0.15, -0.1) is 0 Å². The molecule has 0 radical (unpaired) electrons. The number of benzene rings is 1. The Labute approximate surface area is 157 Å². The number of hydrogen-bond donors (Lipinski definition) is 3. The van der Waals surface area contributed by atoms with E-state index in [4.69, 9.17) is 23.2 Å². The normalized spacial score (nSPS) is 10.4. The lowest BCUT2D eigenvalue weighted by Gasteiger charge is -2.19. The zero-order valence-electron chi connectivity index (χ0n) is 14.2. The highest BCUT2D eigenvalue weighted by Gasteiger charge is 2.15. The molecule has 0 saturated heterocycles. The summed E-state index contributed by atoms with van der Waals surface area (Å²) in [5.74, 6) is -0.696. The number of amides is 3. The topological polar surface area (TPSA) is 90.5 Å². The number of carbonyl (C=O) groups excluding carboxylic acids is 3. The van der Waals surface area contributed by atoms with Crippen molar-refractivity contribution in [3.8, 4) is 0 Å². The zero-order chi connectivity index (χ0) is 18.8. The Morgan fingerprint density at radius 1 is 1.00 bits per heavy atom. The summed E-state index contributed by atoms with van der Waals surface area (Å²) in [7, 11) is 0. The van der Waals surface area contributed by atoms with Crippen molar-refractivity contribution >= 4 is 46.6 Å². The maximum absolute atomic E-state index is 12.2. The molecule has 0 aromatic heterocycles. The monoisotopic (exact) mass is 388 g/mol. The number of rotatable bonds is 9. The van der Waals surface area contributed by atoms with Crippen molar-refractivity contribution in [3.63, 3.8) is 0 Å². The molecule has 7 nitrogen and oxygen atoms in total. The molecule has 0 bridgehead atoms. The van der Waals surface area contributed by atoms with E-state index < -0.39 is 0 Å². The van der Waals surface area contributed by atoms with Crippen LogP contribution in [0.15, 0.2) is 18.2 Å². The van der Waals surface area contributed by atoms with Crippen LogP contribution in [0.25, 0.3) is 0 Å². The average Bonchev–Trinajstić information content (AvgIpc) is 2.54. The zero-order valence-corrected chi connectivity index (χ0v) is 15.7. The molecule has 0 saturated carbocycles. The number of hydrogen-bond acceptors (Lipinski definition) is 4. The van der Waals surface area contributed by atoms with Crippen molar-refractivity contribution < 1.29 is 14.4 Å². The van der Waals surface area contributed by atoms with Gasteiger partial charge in [-0.3, -0.25) is 19.3 Å². The van der Waals surface area contributed by atoms with Gasteiger partial charge in [-0.2, -0.15) is 0 Å². The Morgan fingerprint density at radius 3 is 2.12 bits per heavy atom. The minimum absolute atomic E-state index is 0.0250. The van der Waals surface area contributed by atoms with Gasteiger partial charge >= 0.3 is 0 Å². The number of carbonyl (C=O) groups is 3. The minimum atomic E-state index is -0.317. The maximum atomic E-state index is 12.2. The smallest absolute Gasteiger partial charge is 0.238 e. The van der Waals surface area contributed by atoms with Crippen molar-refractivity contribution in [2.45, 2.75) is 13.8 Å². The summed E-state index contributed by atoms with van der Waals surface area (Å²) >= 11 is 12.0. The molecule has 1 rings (SSSR count). The van der Waals surface area contributed by atoms with Crippen LogP contribution in [-0.2, 0) is 14.4 Å². The second kappa shape index (κ2) is 10.9. The number of nitrogens with zero attached hydrogens (tertiary/aromatic N) is 1. The largest absolute Gasteiger partial charge is 0.355 e. The maximum Gasteiger partial charge on any atom is 0.238 e. The summed E-state index contributed by atoms with van der Waals surface area (Å²) in [4.78, 5) is 36.4. The standard InChI is InChI=1S/C16H22Cl2N4O3/c1-3-22(9-14(24)20-8-7-19-11(2)23)10-15(25)21-16-12(17)5-4-6-13(16)18/h4-6H,3,7-10H2,1-2H3,(H,19,23)(H,20,24)(H,21,25). The van der Waals surface area contributed by atoms with Crippen LogP contribution in [0.5, 0.6) is 0 Å². The Hall–Kier alpha value is -1.83. The number of likely N-dealkylation sites (N-methyl/N-ethyl adjacent to an activating group) is 1. The van der Waals surface area contributed by atoms with Gasteiger partial charge in [-0.1, -0.05) is 36.2 Å². The van der Waals surface area contributed by atoms with E-state index in [9.17, 15) is 14.4 Å². The molecular formula is C16H22Cl2N4O3.